The van der Waals surface area contributed by atoms with Crippen molar-refractivity contribution < 1.29 is 18.7 Å². The van der Waals surface area contributed by atoms with E-state index in [1.165, 1.54) is 23.4 Å². The molecule has 1 atom stereocenters. The molecule has 3 aromatic rings. The van der Waals surface area contributed by atoms with Crippen molar-refractivity contribution in [3.63, 3.8) is 0 Å². The lowest BCUT2D eigenvalue weighted by Crippen LogP contribution is -2.26. The number of phenolic OH excluding ortho intramolecular Hbond substituents is 1. The van der Waals surface area contributed by atoms with Gasteiger partial charge in [0, 0.05) is 17.5 Å². The lowest BCUT2D eigenvalue weighted by atomic mass is 9.97. The Hall–Kier alpha value is -3.41. The molecule has 0 fully saturated rings. The molecular weight excluding hydrogens is 335 g/mol. The van der Waals surface area contributed by atoms with Crippen LogP contribution in [0.25, 0.3) is 0 Å². The molecule has 0 bridgehead atoms. The average Bonchev–Trinajstić information content (AvgIpc) is 3.32. The third-order valence-corrected chi connectivity index (χ3v) is 4.30. The largest absolute Gasteiger partial charge is 0.508 e. The van der Waals surface area contributed by atoms with Crippen LogP contribution in [0.4, 0.5) is 4.39 Å². The van der Waals surface area contributed by atoms with Gasteiger partial charge in [0.2, 0.25) is 0 Å². The molecule has 0 saturated carbocycles. The lowest BCUT2D eigenvalue weighted by molar-refractivity contribution is 0.0677. The van der Waals surface area contributed by atoms with Crippen molar-refractivity contribution in [2.45, 2.75) is 12.5 Å². The molecular formula is C20H15FN2O3. The Morgan fingerprint density at radius 2 is 2.00 bits per heavy atom. The fourth-order valence-electron chi connectivity index (χ4n) is 3.06. The molecule has 0 saturated heterocycles. The van der Waals surface area contributed by atoms with E-state index in [0.717, 1.165) is 0 Å². The van der Waals surface area contributed by atoms with Crippen LogP contribution in [0.2, 0.25) is 0 Å². The summed E-state index contributed by atoms with van der Waals surface area (Å²) in [5, 5.41) is 15.9. The zero-order chi connectivity index (χ0) is 18.1. The summed E-state index contributed by atoms with van der Waals surface area (Å²) in [6.45, 7) is 0. The average molecular weight is 350 g/mol. The number of hydrogen-bond donors (Lipinski definition) is 1. The van der Waals surface area contributed by atoms with Crippen molar-refractivity contribution in [1.29, 1.82) is 0 Å². The van der Waals surface area contributed by atoms with Gasteiger partial charge in [-0.25, -0.2) is 9.40 Å². The van der Waals surface area contributed by atoms with Crippen molar-refractivity contribution in [2.75, 3.05) is 0 Å². The molecule has 1 aliphatic rings. The maximum absolute atomic E-state index is 13.6. The van der Waals surface area contributed by atoms with Gasteiger partial charge in [-0.1, -0.05) is 30.3 Å². The zero-order valence-corrected chi connectivity index (χ0v) is 13.7. The van der Waals surface area contributed by atoms with Crippen LogP contribution < -0.4 is 0 Å². The predicted octanol–water partition coefficient (Wildman–Crippen LogP) is 4.12. The molecule has 1 aromatic heterocycles. The van der Waals surface area contributed by atoms with E-state index in [9.17, 15) is 14.3 Å². The van der Waals surface area contributed by atoms with Crippen LogP contribution >= 0.6 is 0 Å². The summed E-state index contributed by atoms with van der Waals surface area (Å²) < 4.78 is 18.8. The molecule has 6 heteroatoms. The molecule has 1 amide bonds. The highest BCUT2D eigenvalue weighted by molar-refractivity contribution is 6.04. The normalized spacial score (nSPS) is 16.6. The van der Waals surface area contributed by atoms with Gasteiger partial charge in [0.1, 0.15) is 11.6 Å². The van der Waals surface area contributed by atoms with E-state index in [0.29, 0.717) is 23.3 Å². The summed E-state index contributed by atoms with van der Waals surface area (Å²) in [6.07, 6.45) is 1.77. The Labute approximate surface area is 149 Å². The minimum atomic E-state index is -0.507. The van der Waals surface area contributed by atoms with E-state index in [-0.39, 0.29) is 17.3 Å². The minimum Gasteiger partial charge on any atom is -0.508 e. The highest BCUT2D eigenvalue weighted by Crippen LogP contribution is 2.37. The fraction of sp³-hybridized carbons (Fsp3) is 0.100. The van der Waals surface area contributed by atoms with E-state index in [4.69, 9.17) is 4.42 Å². The number of para-hydroxylation sites is 1. The Morgan fingerprint density at radius 1 is 1.15 bits per heavy atom. The van der Waals surface area contributed by atoms with Gasteiger partial charge in [0.05, 0.1) is 18.0 Å². The van der Waals surface area contributed by atoms with Crippen LogP contribution in [0, 0.1) is 5.82 Å². The second-order valence-electron chi connectivity index (χ2n) is 5.96. The van der Waals surface area contributed by atoms with Crippen molar-refractivity contribution in [3.8, 4) is 5.75 Å². The van der Waals surface area contributed by atoms with Crippen LogP contribution in [0.3, 0.4) is 0 Å². The predicted molar refractivity (Wildman–Crippen MR) is 93.3 cm³/mol. The highest BCUT2D eigenvalue weighted by atomic mass is 19.1. The number of rotatable bonds is 3. The maximum atomic E-state index is 13.6. The highest BCUT2D eigenvalue weighted by Gasteiger charge is 2.36. The standard InChI is InChI=1S/C20H15FN2O3/c21-14-6-3-5-13(11-14)16-12-17(15-7-1-2-8-18(15)24)23(22-16)20(25)19-9-4-10-26-19/h1-11,17,24H,12H2/t17-/m0/s1. The maximum Gasteiger partial charge on any atom is 0.310 e. The summed E-state index contributed by atoms with van der Waals surface area (Å²) in [5.41, 5.74) is 1.74. The lowest BCUT2D eigenvalue weighted by Gasteiger charge is -2.21. The van der Waals surface area contributed by atoms with Crippen molar-refractivity contribution in [3.05, 3.63) is 89.6 Å². The Balaban J connectivity index is 1.76. The second kappa shape index (κ2) is 6.48. The molecule has 1 aliphatic heterocycles. The number of furan rings is 1. The Kier molecular flexibility index (Phi) is 4.01. The Morgan fingerprint density at radius 3 is 2.73 bits per heavy atom. The molecule has 26 heavy (non-hydrogen) atoms. The third-order valence-electron chi connectivity index (χ3n) is 4.30. The summed E-state index contributed by atoms with van der Waals surface area (Å²) in [6, 6.07) is 15.5. The van der Waals surface area contributed by atoms with Crippen LogP contribution in [0.5, 0.6) is 5.75 Å². The number of amides is 1. The Bertz CT molecular complexity index is 982. The van der Waals surface area contributed by atoms with Gasteiger partial charge in [0.15, 0.2) is 5.76 Å². The quantitative estimate of drug-likeness (QED) is 0.773. The fourth-order valence-corrected chi connectivity index (χ4v) is 3.06. The smallest absolute Gasteiger partial charge is 0.310 e. The third kappa shape index (κ3) is 2.86. The SMILES string of the molecule is O=C(c1ccco1)N1N=C(c2cccc(F)c2)C[C@H]1c1ccccc1O. The molecule has 4 rings (SSSR count). The van der Waals surface area contributed by atoms with E-state index in [1.54, 1.807) is 48.5 Å². The first-order valence-corrected chi connectivity index (χ1v) is 8.12. The molecule has 2 heterocycles. The second-order valence-corrected chi connectivity index (χ2v) is 5.96. The number of hydrogen-bond acceptors (Lipinski definition) is 4. The van der Waals surface area contributed by atoms with Crippen molar-refractivity contribution >= 4 is 11.6 Å². The van der Waals surface area contributed by atoms with Crippen LogP contribution in [0.15, 0.2) is 76.4 Å². The number of nitrogens with zero attached hydrogens (tertiary/aromatic N) is 2. The van der Waals surface area contributed by atoms with Gasteiger partial charge in [-0.3, -0.25) is 4.79 Å². The first-order valence-electron chi connectivity index (χ1n) is 8.12. The van der Waals surface area contributed by atoms with Gasteiger partial charge < -0.3 is 9.52 Å². The summed E-state index contributed by atoms with van der Waals surface area (Å²) in [7, 11) is 0. The zero-order valence-electron chi connectivity index (χ0n) is 13.7. The van der Waals surface area contributed by atoms with E-state index in [1.807, 2.05) is 0 Å². The van der Waals surface area contributed by atoms with Crippen molar-refractivity contribution in [2.24, 2.45) is 5.10 Å². The van der Waals surface area contributed by atoms with Crippen molar-refractivity contribution in [1.82, 2.24) is 5.01 Å². The monoisotopic (exact) mass is 350 g/mol. The molecule has 0 unspecified atom stereocenters. The molecule has 130 valence electrons. The topological polar surface area (TPSA) is 66.0 Å². The molecule has 0 aliphatic carbocycles. The number of phenols is 1. The number of benzene rings is 2. The van der Waals surface area contributed by atoms with Crippen LogP contribution in [0.1, 0.15) is 34.1 Å². The van der Waals surface area contributed by atoms with Gasteiger partial charge in [-0.15, -0.1) is 0 Å². The summed E-state index contributed by atoms with van der Waals surface area (Å²) in [4.78, 5) is 12.8. The van der Waals surface area contributed by atoms with Crippen LogP contribution in [-0.2, 0) is 0 Å². The van der Waals surface area contributed by atoms with E-state index >= 15 is 0 Å². The van der Waals surface area contributed by atoms with Gasteiger partial charge in [0.25, 0.3) is 0 Å². The number of halogens is 1. The molecule has 1 N–H and O–H groups in total. The van der Waals surface area contributed by atoms with E-state index < -0.39 is 11.9 Å². The summed E-state index contributed by atoms with van der Waals surface area (Å²) in [5.74, 6) is -0.574. The van der Waals surface area contributed by atoms with Gasteiger partial charge in [-0.05, 0) is 30.3 Å². The number of hydrazone groups is 1. The van der Waals surface area contributed by atoms with Gasteiger partial charge in [-0.2, -0.15) is 5.10 Å². The summed E-state index contributed by atoms with van der Waals surface area (Å²) >= 11 is 0. The number of carbonyl (C=O) groups excluding carboxylic acids is 1. The molecule has 0 radical (unpaired) electrons. The van der Waals surface area contributed by atoms with Gasteiger partial charge >= 0.3 is 5.91 Å². The number of carbonyl (C=O) groups is 1. The first-order chi connectivity index (χ1) is 12.6. The minimum absolute atomic E-state index is 0.0745. The van der Waals surface area contributed by atoms with E-state index in [2.05, 4.69) is 5.10 Å². The molecule has 2 aromatic carbocycles. The van der Waals surface area contributed by atoms with Crippen LogP contribution in [-0.4, -0.2) is 21.7 Å². The number of aromatic hydroxyl groups is 1. The molecule has 0 spiro atoms. The molecule has 5 nitrogen and oxygen atoms in total. The first kappa shape index (κ1) is 16.1.